The molecule has 0 aliphatic heterocycles. The van der Waals surface area contributed by atoms with Gasteiger partial charge in [0.15, 0.2) is 0 Å². The molecule has 0 bridgehead atoms. The third-order valence-electron chi connectivity index (χ3n) is 12.3. The van der Waals surface area contributed by atoms with Gasteiger partial charge in [-0.3, -0.25) is 0 Å². The fourth-order valence-electron chi connectivity index (χ4n) is 8.65. The Kier molecular flexibility index (Phi) is 40.8. The summed E-state index contributed by atoms with van der Waals surface area (Å²) in [7, 11) is 0. The molecule has 0 unspecified atom stereocenters. The van der Waals surface area contributed by atoms with E-state index in [2.05, 4.69) is 49.7 Å². The van der Waals surface area contributed by atoms with Crippen LogP contribution in [0.4, 0.5) is 0 Å². The summed E-state index contributed by atoms with van der Waals surface area (Å²) >= 11 is 3.29. The normalized spacial score (nSPS) is 12.9. The molecule has 2 heteroatoms. The molecule has 0 spiro atoms. The zero-order valence-electron chi connectivity index (χ0n) is 35.9. The number of hydrogen-bond donors (Lipinski definition) is 0. The molecular weight excluding hydrogens is 734 g/mol. The molecule has 0 aromatic carbocycles. The quantitative estimate of drug-likeness (QED) is 0.0326. The van der Waals surface area contributed by atoms with Crippen LogP contribution in [-0.2, 0) is 0 Å². The fraction of sp³-hybridized carbons (Fsp3) is 1.00. The predicted octanol–water partition coefficient (Wildman–Crippen LogP) is 19.6. The SMILES string of the molecule is CCCCCCCCCCCCP(I)(CCCCCCCCCCCC)(CCCCCCCCCCCC)CCCCCCCCCCCC. The molecule has 0 heterocycles. The first kappa shape index (κ1) is 51.2. The Morgan fingerprint density at radius 1 is 0.200 bits per heavy atom. The van der Waals surface area contributed by atoms with Crippen molar-refractivity contribution in [1.29, 1.82) is 0 Å². The van der Waals surface area contributed by atoms with Crippen LogP contribution >= 0.6 is 26.3 Å². The first-order valence-electron chi connectivity index (χ1n) is 24.3. The number of rotatable bonds is 44. The van der Waals surface area contributed by atoms with Gasteiger partial charge in [-0.1, -0.05) is 0 Å². The van der Waals surface area contributed by atoms with Crippen LogP contribution in [0.25, 0.3) is 0 Å². The van der Waals surface area contributed by atoms with Gasteiger partial charge < -0.3 is 0 Å². The summed E-state index contributed by atoms with van der Waals surface area (Å²) in [5.74, 6) is 0. The zero-order valence-corrected chi connectivity index (χ0v) is 39.0. The maximum absolute atomic E-state index is 3.29. The first-order chi connectivity index (χ1) is 24.5. The summed E-state index contributed by atoms with van der Waals surface area (Å²) in [6.45, 7) is 9.36. The second-order valence-corrected chi connectivity index (χ2v) is 31.1. The van der Waals surface area contributed by atoms with Gasteiger partial charge in [-0.05, 0) is 0 Å². The van der Waals surface area contributed by atoms with Crippen LogP contribution in [0.1, 0.15) is 285 Å². The Morgan fingerprint density at radius 3 is 0.460 bits per heavy atom. The van der Waals surface area contributed by atoms with Gasteiger partial charge in [-0.15, -0.1) is 0 Å². The van der Waals surface area contributed by atoms with Crippen molar-refractivity contribution in [1.82, 2.24) is 0 Å². The Morgan fingerprint density at radius 2 is 0.320 bits per heavy atom. The van der Waals surface area contributed by atoms with E-state index in [0.29, 0.717) is 0 Å². The van der Waals surface area contributed by atoms with Crippen LogP contribution in [0.5, 0.6) is 0 Å². The average molecular weight is 835 g/mol. The van der Waals surface area contributed by atoms with E-state index in [-0.39, 0.29) is 0 Å². The standard InChI is InChI=1S/C48H100IP/c1-5-9-13-17-21-25-29-33-37-41-45-50(49,46-42-38-34-30-26-22-18-14-10-6-2,47-43-39-35-31-27-23-19-15-11-7-3)48-44-40-36-32-28-24-20-16-12-8-4/h5-48H2,1-4H3. The van der Waals surface area contributed by atoms with Crippen molar-refractivity contribution < 1.29 is 0 Å². The van der Waals surface area contributed by atoms with Crippen LogP contribution in [0, 0.1) is 0 Å². The summed E-state index contributed by atoms with van der Waals surface area (Å²) in [6, 6.07) is 0. The van der Waals surface area contributed by atoms with Crippen molar-refractivity contribution in [2.75, 3.05) is 24.6 Å². The Bertz CT molecular complexity index is 524. The van der Waals surface area contributed by atoms with E-state index >= 15 is 0 Å². The second kappa shape index (κ2) is 39.8. The molecular formula is C48H100IP. The van der Waals surface area contributed by atoms with Crippen molar-refractivity contribution in [3.8, 4) is 0 Å². The van der Waals surface area contributed by atoms with Gasteiger partial charge in [0.05, 0.1) is 0 Å². The fourth-order valence-corrected chi connectivity index (χ4v) is 18.1. The van der Waals surface area contributed by atoms with Crippen LogP contribution in [0.3, 0.4) is 0 Å². The Labute approximate surface area is 333 Å². The summed E-state index contributed by atoms with van der Waals surface area (Å²) in [4.78, 5) is 0. The van der Waals surface area contributed by atoms with Gasteiger partial charge in [0.25, 0.3) is 0 Å². The van der Waals surface area contributed by atoms with Gasteiger partial charge >= 0.3 is 335 Å². The summed E-state index contributed by atoms with van der Waals surface area (Å²) < 4.78 is -1.69. The van der Waals surface area contributed by atoms with E-state index in [0.717, 1.165) is 0 Å². The monoisotopic (exact) mass is 835 g/mol. The van der Waals surface area contributed by atoms with Crippen LogP contribution in [-0.4, -0.2) is 24.6 Å². The van der Waals surface area contributed by atoms with Gasteiger partial charge in [-0.25, -0.2) is 0 Å². The van der Waals surface area contributed by atoms with Crippen LogP contribution in [0.2, 0.25) is 0 Å². The number of halogens is 1. The third kappa shape index (κ3) is 34.9. The molecule has 0 aromatic heterocycles. The van der Waals surface area contributed by atoms with Gasteiger partial charge in [-0.2, -0.15) is 0 Å². The molecule has 0 aliphatic carbocycles. The summed E-state index contributed by atoms with van der Waals surface area (Å²) in [5, 5.41) is 0. The van der Waals surface area contributed by atoms with E-state index in [1.807, 2.05) is 0 Å². The van der Waals surface area contributed by atoms with E-state index in [4.69, 9.17) is 0 Å². The molecule has 0 rings (SSSR count). The van der Waals surface area contributed by atoms with E-state index in [1.54, 1.807) is 50.3 Å². The molecule has 0 saturated carbocycles. The molecule has 0 atom stereocenters. The molecule has 0 aromatic rings. The minimum atomic E-state index is -1.69. The molecule has 0 saturated heterocycles. The molecule has 0 radical (unpaired) electrons. The number of unbranched alkanes of at least 4 members (excludes halogenated alkanes) is 36. The topological polar surface area (TPSA) is 0 Å². The maximum atomic E-state index is 3.29. The van der Waals surface area contributed by atoms with Crippen molar-refractivity contribution in [2.24, 2.45) is 0 Å². The van der Waals surface area contributed by atoms with Crippen molar-refractivity contribution in [3.63, 3.8) is 0 Å². The first-order valence-corrected chi connectivity index (χ1v) is 30.0. The summed E-state index contributed by atoms with van der Waals surface area (Å²) in [5.41, 5.74) is 0. The van der Waals surface area contributed by atoms with Gasteiger partial charge in [0, 0.05) is 0 Å². The molecule has 0 aliphatic rings. The number of hydrogen-bond acceptors (Lipinski definition) is 0. The van der Waals surface area contributed by atoms with Crippen molar-refractivity contribution >= 4 is 26.3 Å². The molecule has 304 valence electrons. The predicted molar refractivity (Wildman–Crippen MR) is 248 cm³/mol. The molecule has 0 amide bonds. The zero-order chi connectivity index (χ0) is 36.6. The van der Waals surface area contributed by atoms with E-state index in [1.165, 1.54) is 231 Å². The van der Waals surface area contributed by atoms with Crippen molar-refractivity contribution in [3.05, 3.63) is 0 Å². The third-order valence-corrected chi connectivity index (χ3v) is 23.8. The average Bonchev–Trinajstić information content (AvgIpc) is 3.12. The van der Waals surface area contributed by atoms with Crippen LogP contribution in [0.15, 0.2) is 0 Å². The Hall–Kier alpha value is 1.16. The molecule has 0 N–H and O–H groups in total. The molecule has 50 heavy (non-hydrogen) atoms. The van der Waals surface area contributed by atoms with E-state index < -0.39 is 4.25 Å². The second-order valence-electron chi connectivity index (χ2n) is 17.4. The molecule has 0 nitrogen and oxygen atoms in total. The van der Waals surface area contributed by atoms with Gasteiger partial charge in [0.1, 0.15) is 0 Å². The van der Waals surface area contributed by atoms with E-state index in [9.17, 15) is 0 Å². The summed E-state index contributed by atoms with van der Waals surface area (Å²) in [6.07, 6.45) is 65.8. The van der Waals surface area contributed by atoms with Crippen LogP contribution < -0.4 is 0 Å². The van der Waals surface area contributed by atoms with Gasteiger partial charge in [0.2, 0.25) is 0 Å². The minimum absolute atomic E-state index is 1.37. The molecule has 0 fully saturated rings. The Balaban J connectivity index is 5.06. The van der Waals surface area contributed by atoms with Crippen molar-refractivity contribution in [2.45, 2.75) is 285 Å².